The van der Waals surface area contributed by atoms with Crippen LogP contribution in [-0.2, 0) is 0 Å². The predicted molar refractivity (Wildman–Crippen MR) is 75.3 cm³/mol. The highest BCUT2D eigenvalue weighted by Crippen LogP contribution is 2.38. The lowest BCUT2D eigenvalue weighted by Crippen LogP contribution is -2.47. The summed E-state index contributed by atoms with van der Waals surface area (Å²) in [5.74, 6) is 0. The van der Waals surface area contributed by atoms with Crippen molar-refractivity contribution in [3.05, 3.63) is 0 Å². The van der Waals surface area contributed by atoms with Gasteiger partial charge in [0, 0.05) is 18.1 Å². The molecular weight excluding hydrogens is 206 g/mol. The highest BCUT2D eigenvalue weighted by molar-refractivity contribution is 4.94. The first-order valence-electron chi connectivity index (χ1n) is 8.14. The van der Waals surface area contributed by atoms with Crippen LogP contribution in [-0.4, -0.2) is 23.0 Å². The van der Waals surface area contributed by atoms with Crippen LogP contribution in [0.1, 0.15) is 84.5 Å². The maximum absolute atomic E-state index is 2.97. The zero-order chi connectivity index (χ0) is 12.1. The van der Waals surface area contributed by atoms with Gasteiger partial charge in [0.25, 0.3) is 0 Å². The van der Waals surface area contributed by atoms with Crippen LogP contribution in [0.4, 0.5) is 0 Å². The van der Waals surface area contributed by atoms with Gasteiger partial charge >= 0.3 is 0 Å². The summed E-state index contributed by atoms with van der Waals surface area (Å²) in [5.41, 5.74) is 0. The Labute approximate surface area is 108 Å². The average molecular weight is 237 g/mol. The van der Waals surface area contributed by atoms with Gasteiger partial charge in [-0.25, -0.2) is 0 Å². The molecule has 0 spiro atoms. The van der Waals surface area contributed by atoms with E-state index in [9.17, 15) is 0 Å². The molecule has 0 aromatic carbocycles. The van der Waals surface area contributed by atoms with Crippen LogP contribution < -0.4 is 0 Å². The Morgan fingerprint density at radius 1 is 0.824 bits per heavy atom. The third-order valence-electron chi connectivity index (χ3n) is 4.95. The number of rotatable bonds is 6. The fourth-order valence-corrected chi connectivity index (χ4v) is 4.08. The highest BCUT2D eigenvalue weighted by atomic mass is 15.2. The first kappa shape index (κ1) is 13.4. The van der Waals surface area contributed by atoms with E-state index in [2.05, 4.69) is 18.7 Å². The largest absolute Gasteiger partial charge is 0.294 e. The number of piperidine rings is 1. The van der Waals surface area contributed by atoms with Crippen molar-refractivity contribution < 1.29 is 0 Å². The highest BCUT2D eigenvalue weighted by Gasteiger charge is 2.39. The Morgan fingerprint density at radius 2 is 1.47 bits per heavy atom. The van der Waals surface area contributed by atoms with Gasteiger partial charge in [0.2, 0.25) is 0 Å². The molecule has 0 aromatic rings. The zero-order valence-corrected chi connectivity index (χ0v) is 12.0. The Morgan fingerprint density at radius 3 is 2.12 bits per heavy atom. The summed E-state index contributed by atoms with van der Waals surface area (Å²) in [6.07, 6.45) is 16.0. The molecule has 0 saturated carbocycles. The van der Waals surface area contributed by atoms with Gasteiger partial charge in [0.15, 0.2) is 0 Å². The van der Waals surface area contributed by atoms with Crippen molar-refractivity contribution in [2.24, 2.45) is 0 Å². The number of hydrogen-bond donors (Lipinski definition) is 0. The molecule has 0 bridgehead atoms. The van der Waals surface area contributed by atoms with Gasteiger partial charge < -0.3 is 0 Å². The summed E-state index contributed by atoms with van der Waals surface area (Å²) in [5, 5.41) is 0. The van der Waals surface area contributed by atoms with Crippen molar-refractivity contribution in [3.8, 4) is 0 Å². The minimum Gasteiger partial charge on any atom is -0.294 e. The fourth-order valence-electron chi connectivity index (χ4n) is 4.08. The van der Waals surface area contributed by atoms with Crippen LogP contribution in [0.15, 0.2) is 0 Å². The molecule has 2 aliphatic heterocycles. The molecule has 2 heterocycles. The van der Waals surface area contributed by atoms with Crippen molar-refractivity contribution in [2.75, 3.05) is 0 Å². The molecule has 0 amide bonds. The summed E-state index contributed by atoms with van der Waals surface area (Å²) in [7, 11) is 0. The predicted octanol–water partition coefficient (Wildman–Crippen LogP) is 4.75. The molecule has 2 rings (SSSR count). The Balaban J connectivity index is 1.91. The van der Waals surface area contributed by atoms with Crippen LogP contribution in [0.2, 0.25) is 0 Å². The maximum atomic E-state index is 2.97. The minimum atomic E-state index is 0.943. The van der Waals surface area contributed by atoms with Crippen LogP contribution in [0.25, 0.3) is 0 Å². The molecule has 2 aliphatic rings. The van der Waals surface area contributed by atoms with E-state index >= 15 is 0 Å². The van der Waals surface area contributed by atoms with E-state index in [4.69, 9.17) is 0 Å². The molecule has 17 heavy (non-hydrogen) atoms. The van der Waals surface area contributed by atoms with Gasteiger partial charge in [-0.05, 0) is 38.5 Å². The molecule has 3 atom stereocenters. The summed E-state index contributed by atoms with van der Waals surface area (Å²) in [4.78, 5) is 2.97. The van der Waals surface area contributed by atoms with E-state index < -0.39 is 0 Å². The third-order valence-corrected chi connectivity index (χ3v) is 4.95. The smallest absolute Gasteiger partial charge is 0.0102 e. The molecule has 0 radical (unpaired) electrons. The summed E-state index contributed by atoms with van der Waals surface area (Å²) < 4.78 is 0. The molecule has 2 saturated heterocycles. The lowest BCUT2D eigenvalue weighted by Gasteiger charge is -2.41. The normalized spacial score (nSPS) is 33.9. The van der Waals surface area contributed by atoms with Crippen LogP contribution in [0.3, 0.4) is 0 Å². The van der Waals surface area contributed by atoms with Crippen molar-refractivity contribution in [1.82, 2.24) is 4.90 Å². The van der Waals surface area contributed by atoms with Crippen LogP contribution in [0.5, 0.6) is 0 Å². The van der Waals surface area contributed by atoms with E-state index in [0.717, 1.165) is 18.1 Å². The van der Waals surface area contributed by atoms with Gasteiger partial charge in [-0.1, -0.05) is 46.0 Å². The second-order valence-electron chi connectivity index (χ2n) is 6.20. The standard InChI is InChI=1S/C16H31N/c1-3-5-8-14-10-7-11-16-13-12-15(17(14)16)9-6-4-2/h14-16H,3-13H2,1-2H3/t14-,15+,16?/m0/s1. The topological polar surface area (TPSA) is 3.24 Å². The number of nitrogens with zero attached hydrogens (tertiary/aromatic N) is 1. The van der Waals surface area contributed by atoms with E-state index in [1.807, 2.05) is 0 Å². The molecule has 100 valence electrons. The lowest BCUT2D eigenvalue weighted by atomic mass is 9.92. The third kappa shape index (κ3) is 3.24. The maximum Gasteiger partial charge on any atom is 0.0102 e. The molecule has 2 fully saturated rings. The summed E-state index contributed by atoms with van der Waals surface area (Å²) in [6, 6.07) is 2.85. The van der Waals surface area contributed by atoms with Gasteiger partial charge in [0.05, 0.1) is 0 Å². The average Bonchev–Trinajstić information content (AvgIpc) is 2.77. The Bertz CT molecular complexity index is 214. The van der Waals surface area contributed by atoms with Gasteiger partial charge in [0.1, 0.15) is 0 Å². The SMILES string of the molecule is CCCC[C@H]1CCCC2CC[C@@H](CCCC)N21. The van der Waals surface area contributed by atoms with Gasteiger partial charge in [-0.15, -0.1) is 0 Å². The molecule has 0 N–H and O–H groups in total. The number of hydrogen-bond acceptors (Lipinski definition) is 1. The lowest BCUT2D eigenvalue weighted by molar-refractivity contribution is 0.0706. The monoisotopic (exact) mass is 237 g/mol. The minimum absolute atomic E-state index is 0.943. The molecular formula is C16H31N. The van der Waals surface area contributed by atoms with Gasteiger partial charge in [-0.3, -0.25) is 4.90 Å². The molecule has 1 unspecified atom stereocenters. The van der Waals surface area contributed by atoms with E-state index in [-0.39, 0.29) is 0 Å². The van der Waals surface area contributed by atoms with E-state index in [0.29, 0.717) is 0 Å². The number of fused-ring (bicyclic) bond motifs is 1. The fraction of sp³-hybridized carbons (Fsp3) is 1.00. The molecule has 0 aliphatic carbocycles. The zero-order valence-electron chi connectivity index (χ0n) is 12.0. The second-order valence-corrected chi connectivity index (χ2v) is 6.20. The number of unbranched alkanes of at least 4 members (excludes halogenated alkanes) is 2. The Hall–Kier alpha value is -0.0400. The first-order valence-corrected chi connectivity index (χ1v) is 8.14. The summed E-state index contributed by atoms with van der Waals surface area (Å²) >= 11 is 0. The van der Waals surface area contributed by atoms with Crippen molar-refractivity contribution in [3.63, 3.8) is 0 Å². The van der Waals surface area contributed by atoms with E-state index in [1.165, 1.54) is 70.6 Å². The van der Waals surface area contributed by atoms with Crippen molar-refractivity contribution in [1.29, 1.82) is 0 Å². The second kappa shape index (κ2) is 6.78. The van der Waals surface area contributed by atoms with Crippen molar-refractivity contribution >= 4 is 0 Å². The first-order chi connectivity index (χ1) is 8.36. The molecule has 0 aromatic heterocycles. The van der Waals surface area contributed by atoms with Crippen molar-refractivity contribution in [2.45, 2.75) is 103 Å². The molecule has 1 nitrogen and oxygen atoms in total. The quantitative estimate of drug-likeness (QED) is 0.644. The van der Waals surface area contributed by atoms with E-state index in [1.54, 1.807) is 0 Å². The Kier molecular flexibility index (Phi) is 5.34. The van der Waals surface area contributed by atoms with Gasteiger partial charge in [-0.2, -0.15) is 0 Å². The van der Waals surface area contributed by atoms with Crippen LogP contribution >= 0.6 is 0 Å². The van der Waals surface area contributed by atoms with Crippen LogP contribution in [0, 0.1) is 0 Å². The molecule has 1 heteroatoms. The summed E-state index contributed by atoms with van der Waals surface area (Å²) in [6.45, 7) is 4.66.